The largest absolute Gasteiger partial charge is 0.497 e. The highest BCUT2D eigenvalue weighted by atomic mass is 16.5. The summed E-state index contributed by atoms with van der Waals surface area (Å²) in [5.74, 6) is 1.18. The number of fused-ring (bicyclic) bond motifs is 1. The molecule has 1 aliphatic carbocycles. The van der Waals surface area contributed by atoms with Gasteiger partial charge >= 0.3 is 6.03 Å². The van der Waals surface area contributed by atoms with Crippen molar-refractivity contribution in [3.05, 3.63) is 60.7 Å². The molecule has 1 saturated carbocycles. The zero-order valence-electron chi connectivity index (χ0n) is 19.0. The van der Waals surface area contributed by atoms with E-state index in [9.17, 15) is 9.59 Å². The quantitative estimate of drug-likeness (QED) is 0.461. The monoisotopic (exact) mass is 460 g/mol. The Balaban J connectivity index is 1.40. The number of hydrogen-bond donors (Lipinski definition) is 4. The second-order valence-corrected chi connectivity index (χ2v) is 8.61. The summed E-state index contributed by atoms with van der Waals surface area (Å²) in [6.07, 6.45) is 3.44. The Morgan fingerprint density at radius 2 is 1.82 bits per heavy atom. The van der Waals surface area contributed by atoms with Crippen molar-refractivity contribution < 1.29 is 14.3 Å². The number of carbonyl (C=O) groups is 2. The van der Waals surface area contributed by atoms with Crippen LogP contribution in [0.3, 0.4) is 0 Å². The van der Waals surface area contributed by atoms with E-state index in [2.05, 4.69) is 21.3 Å². The first kappa shape index (κ1) is 22.0. The van der Waals surface area contributed by atoms with Gasteiger partial charge in [0.2, 0.25) is 5.91 Å². The molecule has 0 radical (unpaired) electrons. The van der Waals surface area contributed by atoms with Crippen molar-refractivity contribution in [2.75, 3.05) is 17.7 Å². The van der Waals surface area contributed by atoms with Gasteiger partial charge in [-0.05, 0) is 37.1 Å². The lowest BCUT2D eigenvalue weighted by molar-refractivity contribution is -0.132. The molecule has 4 N–H and O–H groups in total. The van der Waals surface area contributed by atoms with Gasteiger partial charge < -0.3 is 15.4 Å². The molecule has 2 aliphatic rings. The molecular formula is C25H28N6O3. The predicted octanol–water partition coefficient (Wildman–Crippen LogP) is 3.94. The van der Waals surface area contributed by atoms with Gasteiger partial charge in [0.15, 0.2) is 6.29 Å². The highest BCUT2D eigenvalue weighted by Gasteiger charge is 2.38. The summed E-state index contributed by atoms with van der Waals surface area (Å²) in [7, 11) is 1.59. The molecule has 0 spiro atoms. The molecule has 3 unspecified atom stereocenters. The fraction of sp³-hybridized carbons (Fsp3) is 0.320. The van der Waals surface area contributed by atoms with Crippen molar-refractivity contribution in [1.29, 1.82) is 0 Å². The van der Waals surface area contributed by atoms with Gasteiger partial charge in [0.05, 0.1) is 18.7 Å². The van der Waals surface area contributed by atoms with Crippen molar-refractivity contribution in [3.8, 4) is 17.0 Å². The highest BCUT2D eigenvalue weighted by molar-refractivity contribution is 5.99. The second-order valence-electron chi connectivity index (χ2n) is 8.61. The van der Waals surface area contributed by atoms with Crippen molar-refractivity contribution in [1.82, 2.24) is 20.4 Å². The molecule has 3 aromatic rings. The van der Waals surface area contributed by atoms with E-state index in [1.807, 2.05) is 36.4 Å². The minimum atomic E-state index is -0.555. The first-order valence-corrected chi connectivity index (χ1v) is 11.5. The Bertz CT molecular complexity index is 1160. The van der Waals surface area contributed by atoms with Gasteiger partial charge in [0.25, 0.3) is 0 Å². The van der Waals surface area contributed by atoms with Gasteiger partial charge in [-0.25, -0.2) is 9.48 Å². The molecular weight excluding hydrogens is 432 g/mol. The molecule has 2 fully saturated rings. The van der Waals surface area contributed by atoms with Crippen LogP contribution in [-0.2, 0) is 4.79 Å². The number of anilines is 2. The summed E-state index contributed by atoms with van der Waals surface area (Å²) in [5.41, 5.74) is 2.24. The Morgan fingerprint density at radius 1 is 1.06 bits per heavy atom. The van der Waals surface area contributed by atoms with Crippen molar-refractivity contribution in [3.63, 3.8) is 0 Å². The average Bonchev–Trinajstić information content (AvgIpc) is 3.28. The number of nitrogens with zero attached hydrogens (tertiary/aromatic N) is 2. The summed E-state index contributed by atoms with van der Waals surface area (Å²) in [6.45, 7) is 0. The molecule has 9 heteroatoms. The van der Waals surface area contributed by atoms with E-state index < -0.39 is 12.3 Å². The van der Waals surface area contributed by atoms with E-state index in [1.54, 1.807) is 36.1 Å². The first-order chi connectivity index (χ1) is 16.6. The molecule has 1 aromatic heterocycles. The topological polar surface area (TPSA) is 109 Å². The normalized spacial score (nSPS) is 21.8. The number of aromatic nitrogens is 2. The Morgan fingerprint density at radius 3 is 2.59 bits per heavy atom. The predicted molar refractivity (Wildman–Crippen MR) is 129 cm³/mol. The number of rotatable bonds is 5. The lowest BCUT2D eigenvalue weighted by Crippen LogP contribution is -2.59. The van der Waals surface area contributed by atoms with Crippen LogP contribution in [0.4, 0.5) is 16.3 Å². The number of carbonyl (C=O) groups excluding carboxylic acids is 2. The minimum Gasteiger partial charge on any atom is -0.497 e. The third-order valence-corrected chi connectivity index (χ3v) is 6.39. The first-order valence-electron chi connectivity index (χ1n) is 11.5. The molecule has 9 nitrogen and oxygen atoms in total. The summed E-state index contributed by atoms with van der Waals surface area (Å²) >= 11 is 0. The molecule has 3 amide bonds. The maximum atomic E-state index is 12.8. The van der Waals surface area contributed by atoms with E-state index in [-0.39, 0.29) is 17.9 Å². The standard InChI is InChI=1S/C25H28N6O3/c1-34-18-13-11-17(12-14-18)26-25(33)28-22-15-21(16-7-3-2-4-8-16)30-31(22)24-27-20-10-6-5-9-19(20)23(32)29-24/h2-4,7-8,11-15,19-20,24,27H,5-6,9-10H2,1H3,(H,29,32)(H2,26,28,33). The van der Waals surface area contributed by atoms with Crippen LogP contribution in [-0.4, -0.2) is 34.9 Å². The van der Waals surface area contributed by atoms with Crippen LogP contribution in [0.15, 0.2) is 60.7 Å². The van der Waals surface area contributed by atoms with Crippen molar-refractivity contribution >= 4 is 23.4 Å². The fourth-order valence-electron chi connectivity index (χ4n) is 4.65. The highest BCUT2D eigenvalue weighted by Crippen LogP contribution is 2.31. The van der Waals surface area contributed by atoms with Crippen LogP contribution in [0.2, 0.25) is 0 Å². The smallest absolute Gasteiger partial charge is 0.324 e. The van der Waals surface area contributed by atoms with Crippen LogP contribution in [0.5, 0.6) is 5.75 Å². The van der Waals surface area contributed by atoms with Crippen molar-refractivity contribution in [2.24, 2.45) is 5.92 Å². The van der Waals surface area contributed by atoms with E-state index in [1.165, 1.54) is 0 Å². The molecule has 1 aliphatic heterocycles. The summed E-state index contributed by atoms with van der Waals surface area (Å²) < 4.78 is 6.80. The van der Waals surface area contributed by atoms with E-state index in [0.717, 1.165) is 31.2 Å². The van der Waals surface area contributed by atoms with Gasteiger partial charge in [-0.15, -0.1) is 0 Å². The third-order valence-electron chi connectivity index (χ3n) is 6.39. The summed E-state index contributed by atoms with van der Waals surface area (Å²) in [4.78, 5) is 25.6. The van der Waals surface area contributed by atoms with Crippen LogP contribution in [0.25, 0.3) is 11.3 Å². The number of urea groups is 1. The lowest BCUT2D eigenvalue weighted by Gasteiger charge is -2.40. The molecule has 176 valence electrons. The van der Waals surface area contributed by atoms with Gasteiger partial charge in [0, 0.05) is 23.4 Å². The van der Waals surface area contributed by atoms with Crippen LogP contribution < -0.4 is 26.0 Å². The zero-order valence-corrected chi connectivity index (χ0v) is 19.0. The van der Waals surface area contributed by atoms with Gasteiger partial charge in [-0.3, -0.25) is 15.4 Å². The molecule has 34 heavy (non-hydrogen) atoms. The average molecular weight is 461 g/mol. The van der Waals surface area contributed by atoms with Gasteiger partial charge in [-0.1, -0.05) is 43.2 Å². The number of benzene rings is 2. The Hall–Kier alpha value is -3.85. The van der Waals surface area contributed by atoms with Crippen LogP contribution in [0.1, 0.15) is 32.0 Å². The Kier molecular flexibility index (Phi) is 6.18. The molecule has 1 saturated heterocycles. The summed E-state index contributed by atoms with van der Waals surface area (Å²) in [5, 5.41) is 17.0. The van der Waals surface area contributed by atoms with Gasteiger partial charge in [0.1, 0.15) is 11.6 Å². The number of methoxy groups -OCH3 is 1. The maximum absolute atomic E-state index is 12.8. The number of nitrogens with one attached hydrogen (secondary N) is 4. The van der Waals surface area contributed by atoms with Crippen LogP contribution >= 0.6 is 0 Å². The van der Waals surface area contributed by atoms with Crippen LogP contribution in [0, 0.1) is 5.92 Å². The SMILES string of the molecule is COc1ccc(NC(=O)Nc2cc(-c3ccccc3)nn2C2NC(=O)C3CCCCC3N2)cc1. The minimum absolute atomic E-state index is 0.0241. The summed E-state index contributed by atoms with van der Waals surface area (Å²) in [6, 6.07) is 18.3. The van der Waals surface area contributed by atoms with Crippen molar-refractivity contribution in [2.45, 2.75) is 38.0 Å². The van der Waals surface area contributed by atoms with E-state index in [4.69, 9.17) is 9.84 Å². The maximum Gasteiger partial charge on any atom is 0.324 e. The van der Waals surface area contributed by atoms with E-state index >= 15 is 0 Å². The zero-order chi connectivity index (χ0) is 23.5. The number of ether oxygens (including phenoxy) is 1. The molecule has 5 rings (SSSR count). The number of hydrogen-bond acceptors (Lipinski definition) is 5. The Labute approximate surface area is 197 Å². The number of amides is 3. The lowest BCUT2D eigenvalue weighted by atomic mass is 9.83. The molecule has 0 bridgehead atoms. The third kappa shape index (κ3) is 4.60. The molecule has 2 aromatic carbocycles. The molecule has 3 atom stereocenters. The molecule has 2 heterocycles. The fourth-order valence-corrected chi connectivity index (χ4v) is 4.65. The van der Waals surface area contributed by atoms with E-state index in [0.29, 0.717) is 22.9 Å². The second kappa shape index (κ2) is 9.56. The van der Waals surface area contributed by atoms with Gasteiger partial charge in [-0.2, -0.15) is 5.10 Å².